The first kappa shape index (κ1) is 10.3. The van der Waals surface area contributed by atoms with Gasteiger partial charge in [-0.15, -0.1) is 0 Å². The zero-order valence-corrected chi connectivity index (χ0v) is 8.59. The minimum absolute atomic E-state index is 0.639. The predicted octanol–water partition coefficient (Wildman–Crippen LogP) is 1.37. The van der Waals surface area contributed by atoms with Crippen molar-refractivity contribution in [3.8, 4) is 11.1 Å². The lowest BCUT2D eigenvalue weighted by molar-refractivity contribution is -0.510. The summed E-state index contributed by atoms with van der Waals surface area (Å²) in [5.41, 5.74) is 2.82. The third-order valence-electron chi connectivity index (χ3n) is 2.30. The highest BCUT2D eigenvalue weighted by Gasteiger charge is 1.94. The van der Waals surface area contributed by atoms with Gasteiger partial charge in [-0.2, -0.15) is 0 Å². The van der Waals surface area contributed by atoms with Gasteiger partial charge in [-0.1, -0.05) is 60.7 Å². The SMILES string of the molecule is [O-]C([O-])=Cc1ccc(-c2ccccc2)cc1. The first-order valence-corrected chi connectivity index (χ1v) is 4.97. The van der Waals surface area contributed by atoms with Crippen molar-refractivity contribution in [1.29, 1.82) is 0 Å². The van der Waals surface area contributed by atoms with E-state index in [-0.39, 0.29) is 0 Å². The third-order valence-corrected chi connectivity index (χ3v) is 2.30. The van der Waals surface area contributed by atoms with Gasteiger partial charge in [0.15, 0.2) is 0 Å². The molecule has 2 rings (SSSR count). The Balaban J connectivity index is 2.30. The van der Waals surface area contributed by atoms with E-state index in [0.29, 0.717) is 5.56 Å². The molecule has 0 aliphatic heterocycles. The van der Waals surface area contributed by atoms with Gasteiger partial charge in [0.1, 0.15) is 0 Å². The van der Waals surface area contributed by atoms with Gasteiger partial charge >= 0.3 is 0 Å². The van der Waals surface area contributed by atoms with Crippen LogP contribution >= 0.6 is 0 Å². The molecule has 16 heavy (non-hydrogen) atoms. The summed E-state index contributed by atoms with van der Waals surface area (Å²) in [7, 11) is 0. The normalized spacial score (nSPS) is 9.75. The third kappa shape index (κ3) is 2.42. The van der Waals surface area contributed by atoms with Crippen LogP contribution in [0.2, 0.25) is 0 Å². The van der Waals surface area contributed by atoms with Crippen LogP contribution in [0.15, 0.2) is 60.5 Å². The van der Waals surface area contributed by atoms with Crippen LogP contribution in [0.5, 0.6) is 0 Å². The molecule has 0 atom stereocenters. The molecule has 80 valence electrons. The van der Waals surface area contributed by atoms with E-state index < -0.39 is 5.95 Å². The number of benzene rings is 2. The maximum Gasteiger partial charge on any atom is -0.0184 e. The Labute approximate surface area is 94.1 Å². The Bertz CT molecular complexity index is 480. The standard InChI is InChI=1S/C14H12O2/c15-14(16)10-11-6-8-13(9-7-11)12-4-2-1-3-5-12/h1-10,15-16H/p-2. The van der Waals surface area contributed by atoms with Gasteiger partial charge in [0.2, 0.25) is 0 Å². The van der Waals surface area contributed by atoms with Crippen LogP contribution in [-0.2, 0) is 0 Å². The second-order valence-electron chi connectivity index (χ2n) is 3.45. The monoisotopic (exact) mass is 210 g/mol. The predicted molar refractivity (Wildman–Crippen MR) is 59.9 cm³/mol. The molecule has 0 saturated heterocycles. The fourth-order valence-electron chi connectivity index (χ4n) is 1.54. The summed E-state index contributed by atoms with van der Waals surface area (Å²) < 4.78 is 0. The molecule has 2 aromatic rings. The second kappa shape index (κ2) is 4.53. The maximum atomic E-state index is 10.4. The van der Waals surface area contributed by atoms with Crippen molar-refractivity contribution in [2.45, 2.75) is 0 Å². The molecule has 0 radical (unpaired) electrons. The molecule has 0 saturated carbocycles. The summed E-state index contributed by atoms with van der Waals surface area (Å²) in [6.45, 7) is 0. The topological polar surface area (TPSA) is 46.1 Å². The molecule has 0 bridgehead atoms. The zero-order chi connectivity index (χ0) is 11.4. The molecule has 0 heterocycles. The number of hydrogen-bond acceptors (Lipinski definition) is 2. The van der Waals surface area contributed by atoms with Gasteiger partial charge < -0.3 is 10.2 Å². The molecular formula is C14H10O2-2. The van der Waals surface area contributed by atoms with Gasteiger partial charge in [-0.3, -0.25) is 0 Å². The van der Waals surface area contributed by atoms with Crippen LogP contribution in [-0.4, -0.2) is 0 Å². The van der Waals surface area contributed by atoms with Crippen molar-refractivity contribution in [3.63, 3.8) is 0 Å². The highest BCUT2D eigenvalue weighted by Crippen LogP contribution is 2.19. The van der Waals surface area contributed by atoms with E-state index in [4.69, 9.17) is 0 Å². The largest absolute Gasteiger partial charge is 0.884 e. The molecule has 2 aromatic carbocycles. The van der Waals surface area contributed by atoms with Gasteiger partial charge in [0.25, 0.3) is 0 Å². The molecular weight excluding hydrogens is 200 g/mol. The minimum Gasteiger partial charge on any atom is -0.884 e. The van der Waals surface area contributed by atoms with Crippen molar-refractivity contribution in [1.82, 2.24) is 0 Å². The van der Waals surface area contributed by atoms with Gasteiger partial charge in [-0.05, 0) is 16.7 Å². The van der Waals surface area contributed by atoms with Crippen LogP contribution in [0.4, 0.5) is 0 Å². The zero-order valence-electron chi connectivity index (χ0n) is 8.59. The molecule has 0 unspecified atom stereocenters. The van der Waals surface area contributed by atoms with E-state index in [1.807, 2.05) is 42.5 Å². The van der Waals surface area contributed by atoms with Crippen LogP contribution in [0.25, 0.3) is 17.2 Å². The van der Waals surface area contributed by atoms with Crippen LogP contribution < -0.4 is 10.2 Å². The fourth-order valence-corrected chi connectivity index (χ4v) is 1.54. The molecule has 2 nitrogen and oxygen atoms in total. The molecule has 0 aliphatic rings. The molecule has 2 heteroatoms. The van der Waals surface area contributed by atoms with Crippen molar-refractivity contribution >= 4 is 6.08 Å². The van der Waals surface area contributed by atoms with E-state index in [1.165, 1.54) is 0 Å². The Morgan fingerprint density at radius 2 is 1.31 bits per heavy atom. The average Bonchev–Trinajstić information content (AvgIpc) is 2.30. The highest BCUT2D eigenvalue weighted by molar-refractivity contribution is 5.65. The van der Waals surface area contributed by atoms with Crippen LogP contribution in [0.1, 0.15) is 5.56 Å². The van der Waals surface area contributed by atoms with Crippen molar-refractivity contribution in [2.24, 2.45) is 0 Å². The second-order valence-corrected chi connectivity index (χ2v) is 3.45. The lowest BCUT2D eigenvalue weighted by Crippen LogP contribution is -2.17. The summed E-state index contributed by atoms with van der Waals surface area (Å²) in [5.74, 6) is -1.17. The molecule has 0 spiro atoms. The van der Waals surface area contributed by atoms with Gasteiger partial charge in [-0.25, -0.2) is 5.95 Å². The Morgan fingerprint density at radius 1 is 0.750 bits per heavy atom. The van der Waals surface area contributed by atoms with Gasteiger partial charge in [0.05, 0.1) is 0 Å². The molecule has 0 fully saturated rings. The lowest BCUT2D eigenvalue weighted by atomic mass is 10.0. The van der Waals surface area contributed by atoms with Crippen molar-refractivity contribution in [3.05, 3.63) is 66.1 Å². The molecule has 0 aliphatic carbocycles. The van der Waals surface area contributed by atoms with Crippen LogP contribution in [0.3, 0.4) is 0 Å². The molecule has 0 amide bonds. The Morgan fingerprint density at radius 3 is 1.88 bits per heavy atom. The van der Waals surface area contributed by atoms with Crippen LogP contribution in [0, 0.1) is 0 Å². The number of rotatable bonds is 2. The lowest BCUT2D eigenvalue weighted by Gasteiger charge is -2.16. The van der Waals surface area contributed by atoms with E-state index in [0.717, 1.165) is 17.2 Å². The summed E-state index contributed by atoms with van der Waals surface area (Å²) in [6.07, 6.45) is 1.08. The number of hydrogen-bond donors (Lipinski definition) is 0. The summed E-state index contributed by atoms with van der Waals surface area (Å²) in [6, 6.07) is 17.2. The smallest absolute Gasteiger partial charge is 0.0184 e. The molecule has 0 aromatic heterocycles. The highest BCUT2D eigenvalue weighted by atomic mass is 16.5. The van der Waals surface area contributed by atoms with Crippen molar-refractivity contribution < 1.29 is 10.2 Å². The van der Waals surface area contributed by atoms with E-state index in [2.05, 4.69) is 0 Å². The quantitative estimate of drug-likeness (QED) is 0.703. The maximum absolute atomic E-state index is 10.4. The summed E-state index contributed by atoms with van der Waals surface area (Å²) >= 11 is 0. The first-order valence-electron chi connectivity index (χ1n) is 4.97. The van der Waals surface area contributed by atoms with Gasteiger partial charge in [0, 0.05) is 0 Å². The summed E-state index contributed by atoms with van der Waals surface area (Å²) in [4.78, 5) is 0. The Kier molecular flexibility index (Phi) is 2.92. The average molecular weight is 210 g/mol. The fraction of sp³-hybridized carbons (Fsp3) is 0. The first-order chi connectivity index (χ1) is 7.75. The molecule has 0 N–H and O–H groups in total. The van der Waals surface area contributed by atoms with E-state index in [1.54, 1.807) is 12.1 Å². The Hall–Kier alpha value is -2.22. The van der Waals surface area contributed by atoms with E-state index >= 15 is 0 Å². The minimum atomic E-state index is -1.17. The van der Waals surface area contributed by atoms with Crippen molar-refractivity contribution in [2.75, 3.05) is 0 Å². The summed E-state index contributed by atoms with van der Waals surface area (Å²) in [5, 5.41) is 20.7. The van der Waals surface area contributed by atoms with E-state index in [9.17, 15) is 10.2 Å².